The van der Waals surface area contributed by atoms with Gasteiger partial charge >= 0.3 is 5.76 Å². The molecular formula is C15H19N3O4S. The summed E-state index contributed by atoms with van der Waals surface area (Å²) in [5, 5.41) is 3.38. The first-order valence-corrected chi connectivity index (χ1v) is 9.26. The summed E-state index contributed by atoms with van der Waals surface area (Å²) in [6.07, 6.45) is 3.05. The van der Waals surface area contributed by atoms with Crippen LogP contribution < -0.4 is 11.1 Å². The lowest BCUT2D eigenvalue weighted by atomic mass is 9.80. The first-order valence-electron chi connectivity index (χ1n) is 7.82. The third-order valence-electron chi connectivity index (χ3n) is 4.99. The highest BCUT2D eigenvalue weighted by Gasteiger charge is 2.43. The molecule has 7 nitrogen and oxygen atoms in total. The molecule has 1 aromatic carbocycles. The van der Waals surface area contributed by atoms with Gasteiger partial charge in [-0.05, 0) is 43.4 Å². The van der Waals surface area contributed by atoms with Crippen LogP contribution in [0.5, 0.6) is 0 Å². The molecular weight excluding hydrogens is 318 g/mol. The predicted molar refractivity (Wildman–Crippen MR) is 84.7 cm³/mol. The number of aromatic amines is 1. The molecule has 3 heterocycles. The Bertz CT molecular complexity index is 893. The lowest BCUT2D eigenvalue weighted by molar-refractivity contribution is 0.224. The van der Waals surface area contributed by atoms with Gasteiger partial charge in [-0.2, -0.15) is 4.31 Å². The highest BCUT2D eigenvalue weighted by Crippen LogP contribution is 2.38. The summed E-state index contributed by atoms with van der Waals surface area (Å²) >= 11 is 0. The van der Waals surface area contributed by atoms with E-state index in [4.69, 9.17) is 4.42 Å². The molecule has 0 bridgehead atoms. The second kappa shape index (κ2) is 5.19. The molecule has 1 spiro atoms. The molecule has 124 valence electrons. The Hall–Kier alpha value is -1.64. The number of piperidine rings is 1. The van der Waals surface area contributed by atoms with Gasteiger partial charge in [0.2, 0.25) is 10.0 Å². The van der Waals surface area contributed by atoms with Crippen LogP contribution in [0.4, 0.5) is 0 Å². The number of hydrogen-bond acceptors (Lipinski definition) is 5. The van der Waals surface area contributed by atoms with Crippen molar-refractivity contribution in [2.45, 2.75) is 24.2 Å². The van der Waals surface area contributed by atoms with Crippen molar-refractivity contribution in [3.8, 4) is 0 Å². The second-order valence-corrected chi connectivity index (χ2v) is 8.48. The number of hydrogen-bond donors (Lipinski definition) is 2. The Kier molecular flexibility index (Phi) is 3.36. The van der Waals surface area contributed by atoms with Crippen molar-refractivity contribution in [3.63, 3.8) is 0 Å². The third-order valence-corrected chi connectivity index (χ3v) is 6.84. The molecule has 2 N–H and O–H groups in total. The van der Waals surface area contributed by atoms with Gasteiger partial charge in [0.15, 0.2) is 5.58 Å². The zero-order valence-electron chi connectivity index (χ0n) is 12.7. The van der Waals surface area contributed by atoms with Gasteiger partial charge in [-0.3, -0.25) is 4.98 Å². The summed E-state index contributed by atoms with van der Waals surface area (Å²) in [7, 11) is -3.57. The normalized spacial score (nSPS) is 26.3. The first-order chi connectivity index (χ1) is 11.0. The van der Waals surface area contributed by atoms with Gasteiger partial charge in [0.1, 0.15) is 0 Å². The lowest BCUT2D eigenvalue weighted by Gasteiger charge is -2.33. The summed E-state index contributed by atoms with van der Waals surface area (Å²) < 4.78 is 32.3. The minimum Gasteiger partial charge on any atom is -0.408 e. The molecule has 0 unspecified atom stereocenters. The van der Waals surface area contributed by atoms with Crippen LogP contribution in [0.25, 0.3) is 11.1 Å². The fraction of sp³-hybridized carbons (Fsp3) is 0.533. The summed E-state index contributed by atoms with van der Waals surface area (Å²) in [5.41, 5.74) is 0.837. The zero-order chi connectivity index (χ0) is 16.1. The van der Waals surface area contributed by atoms with Crippen LogP contribution >= 0.6 is 0 Å². The Morgan fingerprint density at radius 2 is 2.13 bits per heavy atom. The van der Waals surface area contributed by atoms with Gasteiger partial charge in [-0.1, -0.05) is 0 Å². The number of rotatable bonds is 2. The highest BCUT2D eigenvalue weighted by atomic mass is 32.2. The second-order valence-electron chi connectivity index (χ2n) is 6.54. The SMILES string of the molecule is O=c1[nH]c2ccc(S(=O)(=O)N3CC[C@@]4(CCCNC4)C3)cc2o1. The van der Waals surface area contributed by atoms with Crippen molar-refractivity contribution in [1.29, 1.82) is 0 Å². The monoisotopic (exact) mass is 337 g/mol. The van der Waals surface area contributed by atoms with Gasteiger partial charge in [-0.25, -0.2) is 13.2 Å². The highest BCUT2D eigenvalue weighted by molar-refractivity contribution is 7.89. The number of oxazole rings is 1. The maximum Gasteiger partial charge on any atom is 0.417 e. The van der Waals surface area contributed by atoms with Crippen molar-refractivity contribution < 1.29 is 12.8 Å². The van der Waals surface area contributed by atoms with Crippen LogP contribution in [0.15, 0.2) is 32.3 Å². The van der Waals surface area contributed by atoms with E-state index in [-0.39, 0.29) is 15.9 Å². The van der Waals surface area contributed by atoms with Crippen molar-refractivity contribution >= 4 is 21.1 Å². The molecule has 2 saturated heterocycles. The molecule has 2 aliphatic heterocycles. The predicted octanol–water partition coefficient (Wildman–Crippen LogP) is 0.885. The molecule has 2 fully saturated rings. The van der Waals surface area contributed by atoms with Gasteiger partial charge < -0.3 is 9.73 Å². The summed E-state index contributed by atoms with van der Waals surface area (Å²) in [6, 6.07) is 4.51. The fourth-order valence-corrected chi connectivity index (χ4v) is 5.28. The topological polar surface area (TPSA) is 95.4 Å². The molecule has 23 heavy (non-hydrogen) atoms. The van der Waals surface area contributed by atoms with Crippen LogP contribution in [-0.4, -0.2) is 43.9 Å². The number of aromatic nitrogens is 1. The number of nitrogens with zero attached hydrogens (tertiary/aromatic N) is 1. The van der Waals surface area contributed by atoms with Crippen molar-refractivity contribution in [2.75, 3.05) is 26.2 Å². The number of fused-ring (bicyclic) bond motifs is 1. The molecule has 8 heteroatoms. The largest absolute Gasteiger partial charge is 0.417 e. The van der Waals surface area contributed by atoms with E-state index in [0.29, 0.717) is 18.6 Å². The van der Waals surface area contributed by atoms with E-state index in [1.807, 2.05) is 0 Å². The Balaban J connectivity index is 1.65. The first kappa shape index (κ1) is 14.9. The number of benzene rings is 1. The molecule has 0 saturated carbocycles. The van der Waals surface area contributed by atoms with E-state index in [1.165, 1.54) is 12.1 Å². The molecule has 1 aromatic heterocycles. The van der Waals surface area contributed by atoms with E-state index < -0.39 is 15.8 Å². The molecule has 1 atom stereocenters. The third kappa shape index (κ3) is 2.50. The van der Waals surface area contributed by atoms with Crippen molar-refractivity contribution in [3.05, 3.63) is 28.7 Å². The molecule has 0 radical (unpaired) electrons. The summed E-state index contributed by atoms with van der Waals surface area (Å²) in [6.45, 7) is 2.99. The van der Waals surface area contributed by atoms with Crippen molar-refractivity contribution in [2.24, 2.45) is 5.41 Å². The van der Waals surface area contributed by atoms with Crippen LogP contribution in [-0.2, 0) is 10.0 Å². The molecule has 2 aromatic rings. The smallest absolute Gasteiger partial charge is 0.408 e. The Morgan fingerprint density at radius 1 is 1.26 bits per heavy atom. The van der Waals surface area contributed by atoms with Crippen LogP contribution in [0.1, 0.15) is 19.3 Å². The van der Waals surface area contributed by atoms with E-state index in [1.54, 1.807) is 10.4 Å². The quantitative estimate of drug-likeness (QED) is 0.848. The van der Waals surface area contributed by atoms with E-state index in [0.717, 1.165) is 32.4 Å². The van der Waals surface area contributed by atoms with E-state index >= 15 is 0 Å². The number of nitrogens with one attached hydrogen (secondary N) is 2. The minimum atomic E-state index is -3.57. The fourth-order valence-electron chi connectivity index (χ4n) is 3.71. The Labute approximate surface area is 133 Å². The van der Waals surface area contributed by atoms with Gasteiger partial charge in [0.05, 0.1) is 10.4 Å². The number of H-pyrrole nitrogens is 1. The number of sulfonamides is 1. The molecule has 0 aliphatic carbocycles. The zero-order valence-corrected chi connectivity index (χ0v) is 13.5. The van der Waals surface area contributed by atoms with Crippen LogP contribution in [0.2, 0.25) is 0 Å². The van der Waals surface area contributed by atoms with Crippen LogP contribution in [0.3, 0.4) is 0 Å². The van der Waals surface area contributed by atoms with Gasteiger partial charge in [0.25, 0.3) is 0 Å². The summed E-state index contributed by atoms with van der Waals surface area (Å²) in [5.74, 6) is -0.581. The molecule has 4 rings (SSSR count). The minimum absolute atomic E-state index is 0.0655. The average molecular weight is 337 g/mol. The van der Waals surface area contributed by atoms with Gasteiger partial charge in [0, 0.05) is 25.7 Å². The average Bonchev–Trinajstić information content (AvgIpc) is 3.10. The standard InChI is InChI=1S/C15H19N3O4S/c19-14-17-12-3-2-11(8-13(12)22-14)23(20,21)18-7-5-15(10-18)4-1-6-16-9-15/h2-3,8,16H,1,4-7,9-10H2,(H,17,19)/t15-/m1/s1. The summed E-state index contributed by atoms with van der Waals surface area (Å²) in [4.78, 5) is 13.9. The van der Waals surface area contributed by atoms with Gasteiger partial charge in [-0.15, -0.1) is 0 Å². The molecule has 0 amide bonds. The van der Waals surface area contributed by atoms with E-state index in [2.05, 4.69) is 10.3 Å². The maximum absolute atomic E-state index is 12.9. The van der Waals surface area contributed by atoms with E-state index in [9.17, 15) is 13.2 Å². The lowest BCUT2D eigenvalue weighted by Crippen LogP contribution is -2.42. The van der Waals surface area contributed by atoms with Crippen LogP contribution in [0, 0.1) is 5.41 Å². The maximum atomic E-state index is 12.9. The Morgan fingerprint density at radius 3 is 2.91 bits per heavy atom. The van der Waals surface area contributed by atoms with Crippen molar-refractivity contribution in [1.82, 2.24) is 14.6 Å². The molecule has 2 aliphatic rings.